The molecule has 2 N–H and O–H groups in total. The van der Waals surface area contributed by atoms with Crippen LogP contribution in [-0.4, -0.2) is 32.2 Å². The molecule has 0 fully saturated rings. The Kier molecular flexibility index (Phi) is 5.31. The Morgan fingerprint density at radius 2 is 1.84 bits per heavy atom. The van der Waals surface area contributed by atoms with E-state index < -0.39 is 22.1 Å². The summed E-state index contributed by atoms with van der Waals surface area (Å²) in [4.78, 5) is 21.4. The summed E-state index contributed by atoms with van der Waals surface area (Å²) in [7, 11) is -3.95. The van der Waals surface area contributed by atoms with Crippen LogP contribution in [0.3, 0.4) is 0 Å². The number of hydrogen-bond donors (Lipinski definition) is 2. The molecule has 0 aliphatic carbocycles. The molecule has 0 saturated carbocycles. The first-order valence-corrected chi connectivity index (χ1v) is 6.86. The predicted octanol–water partition coefficient (Wildman–Crippen LogP) is 0.966. The normalized spacial score (nSPS) is 10.7. The summed E-state index contributed by atoms with van der Waals surface area (Å²) >= 11 is 0. The van der Waals surface area contributed by atoms with E-state index in [1.165, 1.54) is 24.3 Å². The first-order valence-electron chi connectivity index (χ1n) is 5.38. The van der Waals surface area contributed by atoms with Crippen LogP contribution in [-0.2, 0) is 19.6 Å². The third-order valence-corrected chi connectivity index (χ3v) is 3.37. The number of carboxylic acid groups (broad SMARTS) is 1. The average molecular weight is 287 g/mol. The zero-order chi connectivity index (χ0) is 14.3. The second kappa shape index (κ2) is 6.74. The number of carbonyl (C=O) groups excluding carboxylic acids is 1. The summed E-state index contributed by atoms with van der Waals surface area (Å²) in [6, 6.07) is 7.35. The van der Waals surface area contributed by atoms with Gasteiger partial charge in [0.25, 0.3) is 10.0 Å². The Morgan fingerprint density at radius 1 is 1.21 bits per heavy atom. The highest BCUT2D eigenvalue weighted by Crippen LogP contribution is 2.07. The van der Waals surface area contributed by atoms with E-state index in [0.717, 1.165) is 0 Å². The van der Waals surface area contributed by atoms with Gasteiger partial charge in [0.2, 0.25) is 0 Å². The number of benzene rings is 1. The maximum atomic E-state index is 11.7. The molecule has 0 spiro atoms. The lowest BCUT2D eigenvalue weighted by Crippen LogP contribution is -2.31. The van der Waals surface area contributed by atoms with Crippen molar-refractivity contribution >= 4 is 22.1 Å². The molecule has 0 aromatic heterocycles. The average Bonchev–Trinajstić information content (AvgIpc) is 2.35. The van der Waals surface area contributed by atoms with E-state index in [1.54, 1.807) is 10.8 Å². The Balaban J connectivity index is 2.46. The highest BCUT2D eigenvalue weighted by molar-refractivity contribution is 7.90. The fourth-order valence-corrected chi connectivity index (χ4v) is 2.10. The van der Waals surface area contributed by atoms with Crippen LogP contribution >= 0.6 is 0 Å². The van der Waals surface area contributed by atoms with Crippen molar-refractivity contribution in [3.8, 4) is 0 Å². The predicted molar refractivity (Wildman–Crippen MR) is 65.0 cm³/mol. The van der Waals surface area contributed by atoms with Crippen LogP contribution < -0.4 is 4.72 Å². The number of rotatable bonds is 6. The van der Waals surface area contributed by atoms with E-state index in [4.69, 9.17) is 5.11 Å². The summed E-state index contributed by atoms with van der Waals surface area (Å²) in [6.07, 6.45) is -1.17. The van der Waals surface area contributed by atoms with Crippen LogP contribution in [0.5, 0.6) is 0 Å². The monoisotopic (exact) mass is 287 g/mol. The minimum absolute atomic E-state index is 0.0579. The molecule has 0 aliphatic rings. The van der Waals surface area contributed by atoms with Gasteiger partial charge in [-0.05, 0) is 18.6 Å². The van der Waals surface area contributed by atoms with E-state index >= 15 is 0 Å². The topological polar surface area (TPSA) is 110 Å². The molecule has 0 bridgehead atoms. The molecule has 0 heterocycles. The first kappa shape index (κ1) is 15.0. The van der Waals surface area contributed by atoms with Gasteiger partial charge in [-0.3, -0.25) is 4.79 Å². The number of carbonyl (C=O) groups is 2. The quantitative estimate of drug-likeness (QED) is 0.754. The smallest absolute Gasteiger partial charge is 0.421 e. The van der Waals surface area contributed by atoms with Crippen LogP contribution in [0.1, 0.15) is 12.8 Å². The zero-order valence-corrected chi connectivity index (χ0v) is 10.7. The molecule has 7 nitrogen and oxygen atoms in total. The maximum absolute atomic E-state index is 11.7. The third-order valence-electron chi connectivity index (χ3n) is 2.04. The Bertz CT molecular complexity index is 540. The molecule has 0 radical (unpaired) electrons. The van der Waals surface area contributed by atoms with Gasteiger partial charge in [0.1, 0.15) is 0 Å². The van der Waals surface area contributed by atoms with Crippen LogP contribution in [0.4, 0.5) is 4.79 Å². The van der Waals surface area contributed by atoms with Crippen LogP contribution in [0, 0.1) is 0 Å². The molecule has 1 aromatic carbocycles. The molecule has 0 unspecified atom stereocenters. The summed E-state index contributed by atoms with van der Waals surface area (Å²) in [6.45, 7) is -0.164. The van der Waals surface area contributed by atoms with Crippen molar-refractivity contribution in [2.75, 3.05) is 6.61 Å². The van der Waals surface area contributed by atoms with Gasteiger partial charge in [-0.15, -0.1) is 0 Å². The molecule has 104 valence electrons. The first-order chi connectivity index (χ1) is 8.92. The molecular formula is C11H13NO6S. The SMILES string of the molecule is O=C(O)CCCOC(=O)NS(=O)(=O)c1ccccc1. The zero-order valence-electron chi connectivity index (χ0n) is 9.90. The Hall–Kier alpha value is -2.09. The molecule has 1 amide bonds. The third kappa shape index (κ3) is 5.38. The van der Waals surface area contributed by atoms with Gasteiger partial charge >= 0.3 is 12.1 Å². The summed E-state index contributed by atoms with van der Waals surface area (Å²) in [5, 5.41) is 8.36. The molecule has 19 heavy (non-hydrogen) atoms. The number of hydrogen-bond acceptors (Lipinski definition) is 5. The van der Waals surface area contributed by atoms with Crippen LogP contribution in [0.2, 0.25) is 0 Å². The Labute approximate surface area is 110 Å². The number of amides is 1. The van der Waals surface area contributed by atoms with Crippen molar-refractivity contribution in [3.05, 3.63) is 30.3 Å². The number of sulfonamides is 1. The van der Waals surface area contributed by atoms with Crippen molar-refractivity contribution in [2.45, 2.75) is 17.7 Å². The van der Waals surface area contributed by atoms with E-state index in [1.807, 2.05) is 0 Å². The summed E-state index contributed by atoms with van der Waals surface area (Å²) in [5.41, 5.74) is 0. The second-order valence-corrected chi connectivity index (χ2v) is 5.23. The highest BCUT2D eigenvalue weighted by Gasteiger charge is 2.17. The molecule has 8 heteroatoms. The van der Waals surface area contributed by atoms with E-state index in [9.17, 15) is 18.0 Å². The van der Waals surface area contributed by atoms with Gasteiger partial charge in [0.05, 0.1) is 11.5 Å². The summed E-state index contributed by atoms with van der Waals surface area (Å²) < 4.78 is 29.6. The fourth-order valence-electron chi connectivity index (χ4n) is 1.19. The lowest BCUT2D eigenvalue weighted by molar-refractivity contribution is -0.137. The maximum Gasteiger partial charge on any atom is 0.421 e. The van der Waals surface area contributed by atoms with Crippen molar-refractivity contribution in [3.63, 3.8) is 0 Å². The summed E-state index contributed by atoms with van der Waals surface area (Å²) in [5.74, 6) is -1.01. The van der Waals surface area contributed by atoms with Gasteiger partial charge in [-0.25, -0.2) is 17.9 Å². The van der Waals surface area contributed by atoms with Gasteiger partial charge in [0.15, 0.2) is 0 Å². The van der Waals surface area contributed by atoms with Crippen LogP contribution in [0.15, 0.2) is 35.2 Å². The number of carboxylic acids is 1. The highest BCUT2D eigenvalue weighted by atomic mass is 32.2. The lowest BCUT2D eigenvalue weighted by atomic mass is 10.3. The Morgan fingerprint density at radius 3 is 2.42 bits per heavy atom. The van der Waals surface area contributed by atoms with Gasteiger partial charge in [0, 0.05) is 6.42 Å². The molecule has 1 rings (SSSR count). The largest absolute Gasteiger partial charge is 0.481 e. The number of ether oxygens (including phenoxy) is 1. The van der Waals surface area contributed by atoms with Crippen molar-refractivity contribution in [1.29, 1.82) is 0 Å². The van der Waals surface area contributed by atoms with Crippen LogP contribution in [0.25, 0.3) is 0 Å². The standard InChI is InChI=1S/C11H13NO6S/c13-10(14)7-4-8-18-11(15)12-19(16,17)9-5-2-1-3-6-9/h1-3,5-6H,4,7-8H2,(H,12,15)(H,13,14). The minimum Gasteiger partial charge on any atom is -0.481 e. The van der Waals surface area contributed by atoms with Gasteiger partial charge < -0.3 is 9.84 Å². The molecule has 0 aliphatic heterocycles. The minimum atomic E-state index is -3.95. The molecular weight excluding hydrogens is 274 g/mol. The van der Waals surface area contributed by atoms with E-state index in [0.29, 0.717) is 0 Å². The number of nitrogens with one attached hydrogen (secondary N) is 1. The fraction of sp³-hybridized carbons (Fsp3) is 0.273. The van der Waals surface area contributed by atoms with Crippen molar-refractivity contribution in [2.24, 2.45) is 0 Å². The second-order valence-electron chi connectivity index (χ2n) is 3.55. The molecule has 1 aromatic rings. The van der Waals surface area contributed by atoms with E-state index in [2.05, 4.69) is 4.74 Å². The lowest BCUT2D eigenvalue weighted by Gasteiger charge is -2.07. The van der Waals surface area contributed by atoms with Crippen molar-refractivity contribution in [1.82, 2.24) is 4.72 Å². The number of aliphatic carboxylic acids is 1. The van der Waals surface area contributed by atoms with Crippen molar-refractivity contribution < 1.29 is 27.9 Å². The van der Waals surface area contributed by atoms with E-state index in [-0.39, 0.29) is 24.3 Å². The molecule has 0 atom stereocenters. The molecule has 0 saturated heterocycles. The van der Waals surface area contributed by atoms with Gasteiger partial charge in [-0.2, -0.15) is 0 Å². The van der Waals surface area contributed by atoms with Gasteiger partial charge in [-0.1, -0.05) is 18.2 Å².